The smallest absolute Gasteiger partial charge is 0.229 e. The SMILES string of the molecule is CCCCC(CC)c1nc(C(C)N)no1. The predicted octanol–water partition coefficient (Wildman–Crippen LogP) is 2.77. The maximum absolute atomic E-state index is 5.68. The summed E-state index contributed by atoms with van der Waals surface area (Å²) in [5, 5.41) is 3.88. The maximum Gasteiger partial charge on any atom is 0.229 e. The van der Waals surface area contributed by atoms with E-state index in [0.717, 1.165) is 18.7 Å². The Labute approximate surface area is 91.2 Å². The van der Waals surface area contributed by atoms with E-state index in [9.17, 15) is 0 Å². The Bertz CT molecular complexity index is 283. The van der Waals surface area contributed by atoms with Crippen LogP contribution in [0.25, 0.3) is 0 Å². The van der Waals surface area contributed by atoms with Crippen molar-refractivity contribution in [1.82, 2.24) is 10.1 Å². The fraction of sp³-hybridized carbons (Fsp3) is 0.818. The average Bonchev–Trinajstić information content (AvgIpc) is 2.68. The molecule has 1 aromatic rings. The molecule has 86 valence electrons. The van der Waals surface area contributed by atoms with Gasteiger partial charge in [0.05, 0.1) is 6.04 Å². The van der Waals surface area contributed by atoms with E-state index < -0.39 is 0 Å². The Balaban J connectivity index is 2.65. The minimum atomic E-state index is -0.147. The summed E-state index contributed by atoms with van der Waals surface area (Å²) in [4.78, 5) is 4.33. The standard InChI is InChI=1S/C11H21N3O/c1-4-6-7-9(5-2)11-13-10(8(3)12)14-15-11/h8-9H,4-7,12H2,1-3H3. The molecule has 0 saturated carbocycles. The number of aromatic nitrogens is 2. The van der Waals surface area contributed by atoms with Crippen molar-refractivity contribution >= 4 is 0 Å². The topological polar surface area (TPSA) is 64.9 Å². The number of unbranched alkanes of at least 4 members (excludes halogenated alkanes) is 1. The van der Waals surface area contributed by atoms with Crippen LogP contribution in [0.5, 0.6) is 0 Å². The van der Waals surface area contributed by atoms with Crippen LogP contribution < -0.4 is 5.73 Å². The summed E-state index contributed by atoms with van der Waals surface area (Å²) in [6.45, 7) is 6.20. The fourth-order valence-electron chi connectivity index (χ4n) is 1.55. The van der Waals surface area contributed by atoms with E-state index in [-0.39, 0.29) is 6.04 Å². The van der Waals surface area contributed by atoms with Crippen LogP contribution in [0, 0.1) is 0 Å². The van der Waals surface area contributed by atoms with Gasteiger partial charge in [-0.1, -0.05) is 31.8 Å². The molecule has 0 amide bonds. The fourth-order valence-corrected chi connectivity index (χ4v) is 1.55. The highest BCUT2D eigenvalue weighted by molar-refractivity contribution is 4.96. The number of hydrogen-bond donors (Lipinski definition) is 1. The van der Waals surface area contributed by atoms with Crippen molar-refractivity contribution < 1.29 is 4.52 Å². The van der Waals surface area contributed by atoms with Crippen LogP contribution in [-0.2, 0) is 0 Å². The second-order valence-corrected chi connectivity index (χ2v) is 4.03. The van der Waals surface area contributed by atoms with Crippen molar-refractivity contribution in [3.05, 3.63) is 11.7 Å². The van der Waals surface area contributed by atoms with Gasteiger partial charge in [-0.2, -0.15) is 4.98 Å². The molecule has 2 N–H and O–H groups in total. The van der Waals surface area contributed by atoms with E-state index in [0.29, 0.717) is 11.7 Å². The number of nitrogens with zero attached hydrogens (tertiary/aromatic N) is 2. The Morgan fingerprint density at radius 1 is 1.40 bits per heavy atom. The molecular formula is C11H21N3O. The first-order chi connectivity index (χ1) is 7.19. The molecule has 1 aromatic heterocycles. The van der Waals surface area contributed by atoms with Gasteiger partial charge in [0.2, 0.25) is 5.89 Å². The number of rotatable bonds is 6. The zero-order chi connectivity index (χ0) is 11.3. The van der Waals surface area contributed by atoms with Gasteiger partial charge in [0.15, 0.2) is 5.82 Å². The molecule has 1 heterocycles. The summed E-state index contributed by atoms with van der Waals surface area (Å²) in [7, 11) is 0. The van der Waals surface area contributed by atoms with Gasteiger partial charge in [-0.05, 0) is 19.8 Å². The van der Waals surface area contributed by atoms with Crippen LogP contribution in [0.3, 0.4) is 0 Å². The molecule has 0 saturated heterocycles. The normalized spacial score (nSPS) is 15.2. The van der Waals surface area contributed by atoms with E-state index in [4.69, 9.17) is 10.3 Å². The Morgan fingerprint density at radius 3 is 2.60 bits per heavy atom. The molecule has 0 spiro atoms. The van der Waals surface area contributed by atoms with Gasteiger partial charge in [0, 0.05) is 5.92 Å². The van der Waals surface area contributed by atoms with Gasteiger partial charge in [-0.3, -0.25) is 0 Å². The maximum atomic E-state index is 5.68. The molecule has 0 bridgehead atoms. The zero-order valence-corrected chi connectivity index (χ0v) is 9.86. The molecule has 0 aliphatic carbocycles. The third-order valence-electron chi connectivity index (χ3n) is 2.61. The minimum absolute atomic E-state index is 0.147. The molecular weight excluding hydrogens is 190 g/mol. The van der Waals surface area contributed by atoms with Crippen LogP contribution in [0.15, 0.2) is 4.52 Å². The lowest BCUT2D eigenvalue weighted by atomic mass is 9.99. The zero-order valence-electron chi connectivity index (χ0n) is 9.86. The molecule has 4 nitrogen and oxygen atoms in total. The summed E-state index contributed by atoms with van der Waals surface area (Å²) in [5.74, 6) is 1.75. The van der Waals surface area contributed by atoms with Gasteiger partial charge in [-0.25, -0.2) is 0 Å². The van der Waals surface area contributed by atoms with Crippen LogP contribution >= 0.6 is 0 Å². The summed E-state index contributed by atoms with van der Waals surface area (Å²) < 4.78 is 5.23. The molecule has 1 rings (SSSR count). The molecule has 2 unspecified atom stereocenters. The lowest BCUT2D eigenvalue weighted by molar-refractivity contribution is 0.335. The number of hydrogen-bond acceptors (Lipinski definition) is 4. The Hall–Kier alpha value is -0.900. The highest BCUT2D eigenvalue weighted by Gasteiger charge is 2.17. The monoisotopic (exact) mass is 211 g/mol. The number of nitrogens with two attached hydrogens (primary N) is 1. The highest BCUT2D eigenvalue weighted by atomic mass is 16.5. The van der Waals surface area contributed by atoms with Crippen molar-refractivity contribution in [1.29, 1.82) is 0 Å². The molecule has 0 aliphatic heterocycles. The Kier molecular flexibility index (Phi) is 4.75. The van der Waals surface area contributed by atoms with Crippen molar-refractivity contribution in [3.8, 4) is 0 Å². The third-order valence-corrected chi connectivity index (χ3v) is 2.61. The van der Waals surface area contributed by atoms with E-state index in [1.165, 1.54) is 12.8 Å². The predicted molar refractivity (Wildman–Crippen MR) is 59.5 cm³/mol. The summed E-state index contributed by atoms with van der Waals surface area (Å²) in [5.41, 5.74) is 5.68. The highest BCUT2D eigenvalue weighted by Crippen LogP contribution is 2.24. The van der Waals surface area contributed by atoms with E-state index in [1.807, 2.05) is 6.92 Å². The largest absolute Gasteiger partial charge is 0.339 e. The van der Waals surface area contributed by atoms with E-state index in [1.54, 1.807) is 0 Å². The first-order valence-electron chi connectivity index (χ1n) is 5.78. The molecule has 2 atom stereocenters. The molecule has 0 radical (unpaired) electrons. The van der Waals surface area contributed by atoms with Crippen LogP contribution in [-0.4, -0.2) is 10.1 Å². The lowest BCUT2D eigenvalue weighted by Crippen LogP contribution is -2.07. The lowest BCUT2D eigenvalue weighted by Gasteiger charge is -2.08. The molecule has 15 heavy (non-hydrogen) atoms. The minimum Gasteiger partial charge on any atom is -0.339 e. The molecule has 0 fully saturated rings. The molecule has 0 aliphatic rings. The van der Waals surface area contributed by atoms with Crippen molar-refractivity contribution in [2.45, 2.75) is 58.4 Å². The first kappa shape index (κ1) is 12.2. The molecule has 4 heteroatoms. The Morgan fingerprint density at radius 2 is 2.13 bits per heavy atom. The van der Waals surface area contributed by atoms with Gasteiger partial charge < -0.3 is 10.3 Å². The van der Waals surface area contributed by atoms with Gasteiger partial charge in [0.1, 0.15) is 0 Å². The van der Waals surface area contributed by atoms with Crippen LogP contribution in [0.1, 0.15) is 70.1 Å². The summed E-state index contributed by atoms with van der Waals surface area (Å²) >= 11 is 0. The van der Waals surface area contributed by atoms with Crippen molar-refractivity contribution in [2.75, 3.05) is 0 Å². The first-order valence-corrected chi connectivity index (χ1v) is 5.78. The van der Waals surface area contributed by atoms with Crippen LogP contribution in [0.2, 0.25) is 0 Å². The van der Waals surface area contributed by atoms with Crippen molar-refractivity contribution in [2.24, 2.45) is 5.73 Å². The second-order valence-electron chi connectivity index (χ2n) is 4.03. The second kappa shape index (κ2) is 5.85. The van der Waals surface area contributed by atoms with Gasteiger partial charge >= 0.3 is 0 Å². The van der Waals surface area contributed by atoms with E-state index >= 15 is 0 Å². The molecule has 0 aromatic carbocycles. The van der Waals surface area contributed by atoms with Crippen LogP contribution in [0.4, 0.5) is 0 Å². The quantitative estimate of drug-likeness (QED) is 0.785. The summed E-state index contributed by atoms with van der Waals surface area (Å²) in [6, 6.07) is -0.147. The van der Waals surface area contributed by atoms with Crippen molar-refractivity contribution in [3.63, 3.8) is 0 Å². The average molecular weight is 211 g/mol. The summed E-state index contributed by atoms with van der Waals surface area (Å²) in [6.07, 6.45) is 4.56. The van der Waals surface area contributed by atoms with E-state index in [2.05, 4.69) is 24.0 Å². The van der Waals surface area contributed by atoms with Gasteiger partial charge in [0.25, 0.3) is 0 Å². The third kappa shape index (κ3) is 3.30. The van der Waals surface area contributed by atoms with Gasteiger partial charge in [-0.15, -0.1) is 0 Å².